The lowest BCUT2D eigenvalue weighted by Gasteiger charge is -2.19. The summed E-state index contributed by atoms with van der Waals surface area (Å²) in [4.78, 5) is 11.5. The molecule has 0 heterocycles. The Hall–Kier alpha value is -1.61. The molecule has 0 saturated carbocycles. The second-order valence-corrected chi connectivity index (χ2v) is 7.70. The van der Waals surface area contributed by atoms with Gasteiger partial charge in [0.25, 0.3) is 0 Å². The number of hydrogen-bond acceptors (Lipinski definition) is 3. The summed E-state index contributed by atoms with van der Waals surface area (Å²) in [5, 5.41) is 1.70. The molecular formula is C16H23F3N2O3S. The van der Waals surface area contributed by atoms with E-state index in [0.29, 0.717) is 11.1 Å². The molecular weight excluding hydrogens is 357 g/mol. The predicted molar refractivity (Wildman–Crippen MR) is 89.0 cm³/mol. The van der Waals surface area contributed by atoms with Gasteiger partial charge in [0, 0.05) is 13.0 Å². The van der Waals surface area contributed by atoms with Gasteiger partial charge in [-0.1, -0.05) is 0 Å². The molecule has 0 aromatic heterocycles. The van der Waals surface area contributed by atoms with Crippen LogP contribution in [0.25, 0.3) is 0 Å². The number of rotatable bonds is 6. The molecule has 2 N–H and O–H groups in total. The molecule has 9 heteroatoms. The van der Waals surface area contributed by atoms with Crippen LogP contribution in [0.15, 0.2) is 4.90 Å². The molecule has 1 rings (SSSR count). The van der Waals surface area contributed by atoms with Crippen LogP contribution in [-0.2, 0) is 14.8 Å². The highest BCUT2D eigenvalue weighted by Crippen LogP contribution is 2.29. The lowest BCUT2D eigenvalue weighted by Crippen LogP contribution is -2.36. The van der Waals surface area contributed by atoms with Crippen molar-refractivity contribution in [3.63, 3.8) is 0 Å². The third-order valence-corrected chi connectivity index (χ3v) is 6.06. The molecule has 25 heavy (non-hydrogen) atoms. The van der Waals surface area contributed by atoms with Gasteiger partial charge in [0.15, 0.2) is 0 Å². The van der Waals surface area contributed by atoms with Crippen LogP contribution in [0.2, 0.25) is 0 Å². The van der Waals surface area contributed by atoms with Crippen LogP contribution in [0, 0.1) is 34.6 Å². The van der Waals surface area contributed by atoms with E-state index in [0.717, 1.165) is 16.7 Å². The second-order valence-electron chi connectivity index (χ2n) is 5.99. The highest BCUT2D eigenvalue weighted by Gasteiger charge is 2.28. The molecule has 0 fully saturated rings. The van der Waals surface area contributed by atoms with Gasteiger partial charge in [-0.25, -0.2) is 13.1 Å². The van der Waals surface area contributed by atoms with E-state index in [1.165, 1.54) is 0 Å². The van der Waals surface area contributed by atoms with Crippen LogP contribution in [0.4, 0.5) is 13.2 Å². The van der Waals surface area contributed by atoms with Gasteiger partial charge in [0.05, 0.1) is 4.90 Å². The minimum Gasteiger partial charge on any atom is -0.347 e. The van der Waals surface area contributed by atoms with Crippen LogP contribution >= 0.6 is 0 Å². The number of amides is 1. The number of hydrogen-bond donors (Lipinski definition) is 2. The predicted octanol–water partition coefficient (Wildman–Crippen LogP) is 2.58. The van der Waals surface area contributed by atoms with Crippen molar-refractivity contribution in [3.8, 4) is 0 Å². The Kier molecular flexibility index (Phi) is 6.63. The van der Waals surface area contributed by atoms with Crippen LogP contribution in [0.3, 0.4) is 0 Å². The zero-order chi connectivity index (χ0) is 19.6. The first kappa shape index (κ1) is 21.4. The van der Waals surface area contributed by atoms with Crippen LogP contribution in [0.5, 0.6) is 0 Å². The number of sulfonamides is 1. The average molecular weight is 380 g/mol. The normalized spacial score (nSPS) is 12.3. The first-order chi connectivity index (χ1) is 11.3. The SMILES string of the molecule is Cc1c(C)c(C)c(S(=O)(=O)NCCC(=O)NCC(F)(F)F)c(C)c1C. The van der Waals surface area contributed by atoms with Crippen LogP contribution in [0.1, 0.15) is 34.2 Å². The number of alkyl halides is 3. The maximum absolute atomic E-state index is 12.6. The van der Waals surface area contributed by atoms with Crippen molar-refractivity contribution in [2.75, 3.05) is 13.1 Å². The van der Waals surface area contributed by atoms with Gasteiger partial charge in [0.2, 0.25) is 15.9 Å². The molecule has 0 unspecified atom stereocenters. The van der Waals surface area contributed by atoms with E-state index >= 15 is 0 Å². The molecule has 142 valence electrons. The zero-order valence-corrected chi connectivity index (χ0v) is 15.7. The first-order valence-electron chi connectivity index (χ1n) is 7.68. The van der Waals surface area contributed by atoms with E-state index in [4.69, 9.17) is 0 Å². The third-order valence-electron chi connectivity index (χ3n) is 4.33. The summed E-state index contributed by atoms with van der Waals surface area (Å²) in [6.45, 7) is 7.28. The maximum Gasteiger partial charge on any atom is 0.405 e. The summed E-state index contributed by atoms with van der Waals surface area (Å²) < 4.78 is 63.5. The fraction of sp³-hybridized carbons (Fsp3) is 0.562. The first-order valence-corrected chi connectivity index (χ1v) is 9.16. The highest BCUT2D eigenvalue weighted by atomic mass is 32.2. The monoisotopic (exact) mass is 380 g/mol. The molecule has 0 bridgehead atoms. The summed E-state index contributed by atoms with van der Waals surface area (Å²) in [5.41, 5.74) is 3.99. The molecule has 0 atom stereocenters. The molecule has 0 aliphatic heterocycles. The molecule has 0 radical (unpaired) electrons. The van der Waals surface area contributed by atoms with Gasteiger partial charge >= 0.3 is 6.18 Å². The van der Waals surface area contributed by atoms with Crippen molar-refractivity contribution in [1.82, 2.24) is 10.0 Å². The zero-order valence-electron chi connectivity index (χ0n) is 14.9. The Balaban J connectivity index is 2.86. The van der Waals surface area contributed by atoms with Crippen molar-refractivity contribution in [1.29, 1.82) is 0 Å². The molecule has 5 nitrogen and oxygen atoms in total. The lowest BCUT2D eigenvalue weighted by molar-refractivity contribution is -0.138. The van der Waals surface area contributed by atoms with Gasteiger partial charge in [0.1, 0.15) is 6.54 Å². The molecule has 0 spiro atoms. The standard InChI is InChI=1S/C16H23F3N2O3S/c1-9-10(2)12(4)15(13(5)11(9)3)25(23,24)21-7-6-14(22)20-8-16(17,18)19/h21H,6-8H2,1-5H3,(H,20,22). The average Bonchev–Trinajstić information content (AvgIpc) is 2.48. The van der Waals surface area contributed by atoms with Gasteiger partial charge in [-0.2, -0.15) is 13.2 Å². The van der Waals surface area contributed by atoms with Gasteiger partial charge in [-0.15, -0.1) is 0 Å². The lowest BCUT2D eigenvalue weighted by atomic mass is 9.95. The smallest absolute Gasteiger partial charge is 0.347 e. The van der Waals surface area contributed by atoms with Crippen molar-refractivity contribution >= 4 is 15.9 Å². The number of carbonyl (C=O) groups excluding carboxylic acids is 1. The Bertz CT molecular complexity index is 743. The Morgan fingerprint density at radius 2 is 1.36 bits per heavy atom. The number of nitrogens with one attached hydrogen (secondary N) is 2. The van der Waals surface area contributed by atoms with E-state index in [2.05, 4.69) is 4.72 Å². The van der Waals surface area contributed by atoms with Crippen molar-refractivity contribution in [2.45, 2.75) is 52.1 Å². The minimum atomic E-state index is -4.50. The summed E-state index contributed by atoms with van der Waals surface area (Å²) >= 11 is 0. The van der Waals surface area contributed by atoms with Crippen molar-refractivity contribution < 1.29 is 26.4 Å². The molecule has 0 aliphatic rings. The van der Waals surface area contributed by atoms with Crippen LogP contribution in [-0.4, -0.2) is 33.6 Å². The van der Waals surface area contributed by atoms with Crippen molar-refractivity contribution in [3.05, 3.63) is 27.8 Å². The Morgan fingerprint density at radius 1 is 0.920 bits per heavy atom. The Labute approximate surface area is 146 Å². The summed E-state index contributed by atoms with van der Waals surface area (Å²) in [5.74, 6) is -0.871. The van der Waals surface area contributed by atoms with E-state index in [9.17, 15) is 26.4 Å². The third kappa shape index (κ3) is 5.43. The maximum atomic E-state index is 12.6. The fourth-order valence-corrected chi connectivity index (χ4v) is 4.15. The molecule has 1 aromatic carbocycles. The second kappa shape index (κ2) is 7.74. The number of halogens is 3. The summed E-state index contributed by atoms with van der Waals surface area (Å²) in [6, 6.07) is 0. The van der Waals surface area contributed by atoms with E-state index < -0.39 is 28.7 Å². The summed E-state index contributed by atoms with van der Waals surface area (Å²) in [7, 11) is -3.87. The number of benzene rings is 1. The fourth-order valence-electron chi connectivity index (χ4n) is 2.53. The minimum absolute atomic E-state index is 0.156. The van der Waals surface area contributed by atoms with E-state index in [-0.39, 0.29) is 17.9 Å². The van der Waals surface area contributed by atoms with Crippen molar-refractivity contribution in [2.24, 2.45) is 0 Å². The topological polar surface area (TPSA) is 75.3 Å². The summed E-state index contributed by atoms with van der Waals surface area (Å²) in [6.07, 6.45) is -4.88. The quantitative estimate of drug-likeness (QED) is 0.797. The molecule has 0 saturated heterocycles. The van der Waals surface area contributed by atoms with E-state index in [1.54, 1.807) is 19.2 Å². The van der Waals surface area contributed by atoms with E-state index in [1.807, 2.05) is 20.8 Å². The Morgan fingerprint density at radius 3 is 1.80 bits per heavy atom. The highest BCUT2D eigenvalue weighted by molar-refractivity contribution is 7.89. The largest absolute Gasteiger partial charge is 0.405 e. The van der Waals surface area contributed by atoms with Gasteiger partial charge in [-0.05, 0) is 62.4 Å². The number of carbonyl (C=O) groups is 1. The molecule has 0 aliphatic carbocycles. The van der Waals surface area contributed by atoms with Crippen LogP contribution < -0.4 is 10.0 Å². The molecule has 1 aromatic rings. The van der Waals surface area contributed by atoms with Gasteiger partial charge < -0.3 is 5.32 Å². The molecule has 1 amide bonds. The van der Waals surface area contributed by atoms with Gasteiger partial charge in [-0.3, -0.25) is 4.79 Å².